The Hall–Kier alpha value is -1.79. The van der Waals surface area contributed by atoms with Crippen LogP contribution in [0.3, 0.4) is 0 Å². The summed E-state index contributed by atoms with van der Waals surface area (Å²) in [4.78, 5) is 14.2. The number of aliphatic hydroxyl groups is 1. The fraction of sp³-hybridized carbons (Fsp3) is 0.471. The van der Waals surface area contributed by atoms with Crippen molar-refractivity contribution >= 4 is 5.91 Å². The fourth-order valence-electron chi connectivity index (χ4n) is 2.28. The van der Waals surface area contributed by atoms with Crippen LogP contribution in [0.4, 0.5) is 0 Å². The van der Waals surface area contributed by atoms with Gasteiger partial charge in [-0.3, -0.25) is 4.79 Å². The molecule has 1 N–H and O–H groups in total. The summed E-state index contributed by atoms with van der Waals surface area (Å²) in [5, 5.41) is 8.72. The smallest absolute Gasteiger partial charge is 0.253 e. The van der Waals surface area contributed by atoms with Crippen LogP contribution in [0.1, 0.15) is 48.2 Å². The first-order valence-electron chi connectivity index (χ1n) is 7.02. The van der Waals surface area contributed by atoms with Gasteiger partial charge in [-0.15, -0.1) is 0 Å². The normalized spacial score (nSPS) is 10.1. The quantitative estimate of drug-likeness (QED) is 0.857. The lowest BCUT2D eigenvalue weighted by Gasteiger charge is -2.26. The number of aryl methyl sites for hydroxylation is 1. The third-order valence-electron chi connectivity index (χ3n) is 3.59. The lowest BCUT2D eigenvalue weighted by molar-refractivity contribution is 0.0723. The molecule has 1 aromatic carbocycles. The summed E-state index contributed by atoms with van der Waals surface area (Å²) in [5.41, 5.74) is 2.49. The van der Waals surface area contributed by atoms with Crippen LogP contribution in [-0.4, -0.2) is 35.6 Å². The zero-order chi connectivity index (χ0) is 15.1. The van der Waals surface area contributed by atoms with Crippen molar-refractivity contribution in [2.45, 2.75) is 39.7 Å². The highest BCUT2D eigenvalue weighted by Gasteiger charge is 2.18. The van der Waals surface area contributed by atoms with Gasteiger partial charge in [-0.1, -0.05) is 25.7 Å². The molecule has 1 aromatic rings. The molecule has 3 heteroatoms. The van der Waals surface area contributed by atoms with E-state index in [0.29, 0.717) is 5.56 Å². The van der Waals surface area contributed by atoms with Crippen LogP contribution in [0.25, 0.3) is 0 Å². The monoisotopic (exact) mass is 273 g/mol. The summed E-state index contributed by atoms with van der Waals surface area (Å²) in [7, 11) is 1.86. The number of aliphatic hydroxyl groups excluding tert-OH is 1. The third kappa shape index (κ3) is 3.85. The second-order valence-corrected chi connectivity index (χ2v) is 4.88. The molecular formula is C17H23NO2. The fourth-order valence-corrected chi connectivity index (χ4v) is 2.28. The predicted molar refractivity (Wildman–Crippen MR) is 81.6 cm³/mol. The molecule has 0 atom stereocenters. The van der Waals surface area contributed by atoms with Crippen LogP contribution in [-0.2, 0) is 0 Å². The first-order chi connectivity index (χ1) is 9.54. The standard InChI is InChI=1S/C17H23NO2/c1-5-16(6-2)18(4)17(20)15-10-9-14(8-7-11-19)13(3)12-15/h9-10,12,16,19H,5-6,11H2,1-4H3. The molecule has 0 unspecified atom stereocenters. The second-order valence-electron chi connectivity index (χ2n) is 4.88. The Morgan fingerprint density at radius 1 is 1.35 bits per heavy atom. The topological polar surface area (TPSA) is 40.5 Å². The number of carbonyl (C=O) groups is 1. The van der Waals surface area contributed by atoms with E-state index in [-0.39, 0.29) is 18.6 Å². The van der Waals surface area contributed by atoms with Gasteiger partial charge in [0.05, 0.1) is 0 Å². The highest BCUT2D eigenvalue weighted by molar-refractivity contribution is 5.94. The molecular weight excluding hydrogens is 250 g/mol. The second kappa shape index (κ2) is 7.72. The zero-order valence-corrected chi connectivity index (χ0v) is 12.7. The van der Waals surface area contributed by atoms with Crippen molar-refractivity contribution in [1.29, 1.82) is 0 Å². The van der Waals surface area contributed by atoms with Gasteiger partial charge in [0.15, 0.2) is 0 Å². The molecule has 0 radical (unpaired) electrons. The Morgan fingerprint density at radius 3 is 2.50 bits per heavy atom. The molecule has 0 aromatic heterocycles. The van der Waals surface area contributed by atoms with Gasteiger partial charge in [-0.05, 0) is 43.5 Å². The van der Waals surface area contributed by atoms with Crippen LogP contribution in [0, 0.1) is 18.8 Å². The molecule has 0 bridgehead atoms. The van der Waals surface area contributed by atoms with Gasteiger partial charge in [0.2, 0.25) is 0 Å². The van der Waals surface area contributed by atoms with Crippen LogP contribution >= 0.6 is 0 Å². The molecule has 0 spiro atoms. The highest BCUT2D eigenvalue weighted by Crippen LogP contribution is 2.15. The van der Waals surface area contributed by atoms with E-state index < -0.39 is 0 Å². The minimum atomic E-state index is -0.155. The molecule has 1 rings (SSSR count). The molecule has 0 aliphatic carbocycles. The number of rotatable bonds is 4. The Labute approximate surface area is 121 Å². The summed E-state index contributed by atoms with van der Waals surface area (Å²) in [6.45, 7) is 5.96. The van der Waals surface area contributed by atoms with Gasteiger partial charge in [-0.2, -0.15) is 0 Å². The molecule has 1 amide bonds. The van der Waals surface area contributed by atoms with E-state index in [1.807, 2.05) is 31.0 Å². The largest absolute Gasteiger partial charge is 0.384 e. The van der Waals surface area contributed by atoms with Gasteiger partial charge >= 0.3 is 0 Å². The predicted octanol–water partition coefficient (Wildman–Crippen LogP) is 2.60. The van der Waals surface area contributed by atoms with Crippen molar-refractivity contribution in [2.24, 2.45) is 0 Å². The minimum Gasteiger partial charge on any atom is -0.384 e. The maximum absolute atomic E-state index is 12.4. The molecule has 0 saturated heterocycles. The maximum atomic E-state index is 12.4. The van der Waals surface area contributed by atoms with Gasteiger partial charge in [0.25, 0.3) is 5.91 Å². The van der Waals surface area contributed by atoms with Crippen LogP contribution in [0.2, 0.25) is 0 Å². The Bertz CT molecular complexity index is 522. The molecule has 0 aliphatic heterocycles. The van der Waals surface area contributed by atoms with E-state index in [4.69, 9.17) is 5.11 Å². The molecule has 0 fully saturated rings. The zero-order valence-electron chi connectivity index (χ0n) is 12.7. The van der Waals surface area contributed by atoms with Crippen molar-refractivity contribution in [3.63, 3.8) is 0 Å². The number of benzene rings is 1. The summed E-state index contributed by atoms with van der Waals surface area (Å²) in [6, 6.07) is 5.78. The van der Waals surface area contributed by atoms with E-state index in [9.17, 15) is 4.79 Å². The maximum Gasteiger partial charge on any atom is 0.253 e. The summed E-state index contributed by atoms with van der Waals surface area (Å²) >= 11 is 0. The summed E-state index contributed by atoms with van der Waals surface area (Å²) in [6.07, 6.45) is 1.91. The van der Waals surface area contributed by atoms with E-state index in [2.05, 4.69) is 25.7 Å². The lowest BCUT2D eigenvalue weighted by Crippen LogP contribution is -2.36. The highest BCUT2D eigenvalue weighted by atomic mass is 16.2. The number of nitrogens with zero attached hydrogens (tertiary/aromatic N) is 1. The van der Waals surface area contributed by atoms with Gasteiger partial charge in [-0.25, -0.2) is 0 Å². The Morgan fingerprint density at radius 2 is 2.00 bits per heavy atom. The Balaban J connectivity index is 2.98. The molecule has 0 saturated carbocycles. The van der Waals surface area contributed by atoms with Gasteiger partial charge < -0.3 is 10.0 Å². The van der Waals surface area contributed by atoms with Crippen LogP contribution in [0.15, 0.2) is 18.2 Å². The van der Waals surface area contributed by atoms with Gasteiger partial charge in [0.1, 0.15) is 6.61 Å². The van der Waals surface area contributed by atoms with E-state index in [1.165, 1.54) is 0 Å². The molecule has 0 heterocycles. The summed E-state index contributed by atoms with van der Waals surface area (Å²) < 4.78 is 0. The number of hydrogen-bond donors (Lipinski definition) is 1. The SMILES string of the molecule is CCC(CC)N(C)C(=O)c1ccc(C#CCO)c(C)c1. The van der Waals surface area contributed by atoms with Crippen molar-refractivity contribution in [1.82, 2.24) is 4.90 Å². The van der Waals surface area contributed by atoms with Crippen molar-refractivity contribution in [3.05, 3.63) is 34.9 Å². The van der Waals surface area contributed by atoms with E-state index in [1.54, 1.807) is 6.07 Å². The minimum absolute atomic E-state index is 0.0449. The first-order valence-corrected chi connectivity index (χ1v) is 7.02. The number of carbonyl (C=O) groups excluding carboxylic acids is 1. The number of amides is 1. The third-order valence-corrected chi connectivity index (χ3v) is 3.59. The Kier molecular flexibility index (Phi) is 6.27. The van der Waals surface area contributed by atoms with Crippen molar-refractivity contribution in [3.8, 4) is 11.8 Å². The van der Waals surface area contributed by atoms with Crippen molar-refractivity contribution in [2.75, 3.05) is 13.7 Å². The molecule has 0 aliphatic rings. The van der Waals surface area contributed by atoms with Crippen LogP contribution < -0.4 is 0 Å². The number of hydrogen-bond acceptors (Lipinski definition) is 2. The average molecular weight is 273 g/mol. The molecule has 3 nitrogen and oxygen atoms in total. The first kappa shape index (κ1) is 16.3. The molecule has 20 heavy (non-hydrogen) atoms. The summed E-state index contributed by atoms with van der Waals surface area (Å²) in [5.74, 6) is 5.55. The molecule has 108 valence electrons. The average Bonchev–Trinajstić information content (AvgIpc) is 2.46. The lowest BCUT2D eigenvalue weighted by atomic mass is 10.0. The van der Waals surface area contributed by atoms with Gasteiger partial charge in [0, 0.05) is 24.2 Å². The van der Waals surface area contributed by atoms with Crippen molar-refractivity contribution < 1.29 is 9.90 Å². The van der Waals surface area contributed by atoms with E-state index in [0.717, 1.165) is 24.0 Å². The van der Waals surface area contributed by atoms with E-state index >= 15 is 0 Å². The van der Waals surface area contributed by atoms with Crippen LogP contribution in [0.5, 0.6) is 0 Å².